The maximum Gasteiger partial charge on any atom is 0.264 e. The zero-order valence-corrected chi connectivity index (χ0v) is 22.2. The first-order valence-electron chi connectivity index (χ1n) is 11.4. The van der Waals surface area contributed by atoms with Crippen LogP contribution in [0.2, 0.25) is 0 Å². The fraction of sp³-hybridized carbons (Fsp3) is 0.296. The van der Waals surface area contributed by atoms with Gasteiger partial charge in [0, 0.05) is 11.8 Å². The van der Waals surface area contributed by atoms with Crippen molar-refractivity contribution in [3.05, 3.63) is 71.8 Å². The van der Waals surface area contributed by atoms with Gasteiger partial charge in [-0.1, -0.05) is 32.0 Å². The third-order valence-corrected chi connectivity index (χ3v) is 7.55. The summed E-state index contributed by atoms with van der Waals surface area (Å²) < 4.78 is 44.4. The summed E-state index contributed by atoms with van der Waals surface area (Å²) in [6.45, 7) is 5.54. The Bertz CT molecular complexity index is 1320. The minimum atomic E-state index is -4.16. The van der Waals surface area contributed by atoms with E-state index in [4.69, 9.17) is 14.2 Å². The van der Waals surface area contributed by atoms with Crippen molar-refractivity contribution >= 4 is 27.3 Å². The van der Waals surface area contributed by atoms with E-state index in [1.807, 2.05) is 39.0 Å². The van der Waals surface area contributed by atoms with Crippen molar-refractivity contribution < 1.29 is 27.4 Å². The van der Waals surface area contributed by atoms with Crippen LogP contribution >= 0.6 is 0 Å². The number of ether oxygens (including phenoxy) is 3. The quantitative estimate of drug-likeness (QED) is 0.412. The van der Waals surface area contributed by atoms with E-state index in [1.165, 1.54) is 39.5 Å². The van der Waals surface area contributed by atoms with Crippen LogP contribution in [0.3, 0.4) is 0 Å². The normalized spacial score (nSPS) is 11.2. The van der Waals surface area contributed by atoms with Crippen LogP contribution in [0, 0.1) is 6.92 Å². The number of rotatable bonds is 10. The lowest BCUT2D eigenvalue weighted by Crippen LogP contribution is -2.38. The van der Waals surface area contributed by atoms with Gasteiger partial charge in [-0.2, -0.15) is 0 Å². The Hall–Kier alpha value is -3.72. The van der Waals surface area contributed by atoms with Crippen LogP contribution in [0.4, 0.5) is 11.4 Å². The molecule has 3 aromatic rings. The molecular weight excluding hydrogens is 480 g/mol. The number of nitrogens with one attached hydrogen (secondary N) is 1. The van der Waals surface area contributed by atoms with E-state index < -0.39 is 22.5 Å². The topological polar surface area (TPSA) is 94.2 Å². The van der Waals surface area contributed by atoms with Crippen LogP contribution in [-0.2, 0) is 14.8 Å². The molecule has 0 bridgehead atoms. The standard InChI is InChI=1S/C27H32N2O6S/c1-18(2)23-9-7-8-19(3)27(23)28-26(30)17-29(20-10-12-21(33-4)13-11-20)36(31,32)22-14-15-24(34-5)25(16-22)35-6/h7-16,18H,17H2,1-6H3,(H,28,30). The highest BCUT2D eigenvalue weighted by Crippen LogP contribution is 2.33. The van der Waals surface area contributed by atoms with Crippen molar-refractivity contribution in [2.24, 2.45) is 0 Å². The summed E-state index contributed by atoms with van der Waals surface area (Å²) in [4.78, 5) is 13.2. The Morgan fingerprint density at radius 1 is 0.917 bits per heavy atom. The number of amides is 1. The smallest absolute Gasteiger partial charge is 0.264 e. The molecule has 0 atom stereocenters. The number of para-hydroxylation sites is 1. The average Bonchev–Trinajstić information content (AvgIpc) is 2.87. The summed E-state index contributed by atoms with van der Waals surface area (Å²) in [5.41, 5.74) is 2.88. The molecule has 0 aliphatic carbocycles. The van der Waals surface area contributed by atoms with E-state index in [0.29, 0.717) is 22.9 Å². The van der Waals surface area contributed by atoms with Gasteiger partial charge in [0.25, 0.3) is 10.0 Å². The molecule has 9 heteroatoms. The second-order valence-electron chi connectivity index (χ2n) is 8.47. The monoisotopic (exact) mass is 512 g/mol. The Morgan fingerprint density at radius 2 is 1.58 bits per heavy atom. The molecule has 1 N–H and O–H groups in total. The number of anilines is 2. The molecule has 1 amide bonds. The molecule has 0 fully saturated rings. The number of hydrogen-bond donors (Lipinski definition) is 1. The fourth-order valence-corrected chi connectivity index (χ4v) is 5.26. The first kappa shape index (κ1) is 26.9. The fourth-order valence-electron chi connectivity index (χ4n) is 3.82. The van der Waals surface area contributed by atoms with E-state index in [-0.39, 0.29) is 16.6 Å². The zero-order valence-electron chi connectivity index (χ0n) is 21.4. The van der Waals surface area contributed by atoms with Gasteiger partial charge in [-0.05, 0) is 60.4 Å². The molecule has 0 radical (unpaired) electrons. The predicted molar refractivity (Wildman–Crippen MR) is 141 cm³/mol. The lowest BCUT2D eigenvalue weighted by molar-refractivity contribution is -0.114. The molecule has 3 rings (SSSR count). The number of benzene rings is 3. The van der Waals surface area contributed by atoms with Gasteiger partial charge in [0.2, 0.25) is 5.91 Å². The minimum absolute atomic E-state index is 0.0393. The van der Waals surface area contributed by atoms with Crippen LogP contribution < -0.4 is 23.8 Å². The van der Waals surface area contributed by atoms with E-state index in [0.717, 1.165) is 15.4 Å². The van der Waals surface area contributed by atoms with E-state index in [2.05, 4.69) is 5.32 Å². The summed E-state index contributed by atoms with van der Waals surface area (Å²) in [7, 11) is 0.261. The molecule has 192 valence electrons. The first-order valence-corrected chi connectivity index (χ1v) is 12.8. The van der Waals surface area contributed by atoms with E-state index in [9.17, 15) is 13.2 Å². The Labute approximate surface area is 212 Å². The van der Waals surface area contributed by atoms with Crippen LogP contribution in [0.25, 0.3) is 0 Å². The van der Waals surface area contributed by atoms with Gasteiger partial charge in [0.15, 0.2) is 11.5 Å². The second kappa shape index (κ2) is 11.3. The number of nitrogens with zero attached hydrogens (tertiary/aromatic N) is 1. The third-order valence-electron chi connectivity index (χ3n) is 5.78. The van der Waals surface area contributed by atoms with Gasteiger partial charge in [0.05, 0.1) is 31.9 Å². The number of sulfonamides is 1. The van der Waals surface area contributed by atoms with Crippen molar-refractivity contribution in [2.75, 3.05) is 37.5 Å². The van der Waals surface area contributed by atoms with Crippen molar-refractivity contribution in [3.8, 4) is 17.2 Å². The molecule has 36 heavy (non-hydrogen) atoms. The molecule has 0 aliphatic rings. The summed E-state index contributed by atoms with van der Waals surface area (Å²) in [5.74, 6) is 0.928. The molecule has 8 nitrogen and oxygen atoms in total. The molecule has 0 aliphatic heterocycles. The second-order valence-corrected chi connectivity index (χ2v) is 10.3. The first-order chi connectivity index (χ1) is 17.1. The van der Waals surface area contributed by atoms with Crippen LogP contribution in [-0.4, -0.2) is 42.2 Å². The van der Waals surface area contributed by atoms with Crippen LogP contribution in [0.1, 0.15) is 30.9 Å². The largest absolute Gasteiger partial charge is 0.497 e. The van der Waals surface area contributed by atoms with E-state index in [1.54, 1.807) is 24.3 Å². The van der Waals surface area contributed by atoms with Crippen molar-refractivity contribution in [3.63, 3.8) is 0 Å². The molecule has 0 unspecified atom stereocenters. The number of aryl methyl sites for hydroxylation is 1. The highest BCUT2D eigenvalue weighted by atomic mass is 32.2. The predicted octanol–water partition coefficient (Wildman–Crippen LogP) is 4.98. The zero-order chi connectivity index (χ0) is 26.5. The number of hydrogen-bond acceptors (Lipinski definition) is 6. The summed E-state index contributed by atoms with van der Waals surface area (Å²) in [5, 5.41) is 2.93. The summed E-state index contributed by atoms with van der Waals surface area (Å²) in [6, 6.07) is 16.6. The summed E-state index contributed by atoms with van der Waals surface area (Å²) in [6.07, 6.45) is 0. The highest BCUT2D eigenvalue weighted by molar-refractivity contribution is 7.92. The number of carbonyl (C=O) groups excluding carboxylic acids is 1. The van der Waals surface area contributed by atoms with Crippen molar-refractivity contribution in [2.45, 2.75) is 31.6 Å². The number of methoxy groups -OCH3 is 3. The highest BCUT2D eigenvalue weighted by Gasteiger charge is 2.29. The maximum atomic E-state index is 13.8. The minimum Gasteiger partial charge on any atom is -0.497 e. The van der Waals surface area contributed by atoms with Gasteiger partial charge >= 0.3 is 0 Å². The molecule has 3 aromatic carbocycles. The van der Waals surface area contributed by atoms with Crippen molar-refractivity contribution in [1.82, 2.24) is 0 Å². The lowest BCUT2D eigenvalue weighted by atomic mass is 9.98. The number of carbonyl (C=O) groups is 1. The molecule has 0 heterocycles. The molecular formula is C27H32N2O6S. The molecule has 0 aromatic heterocycles. The maximum absolute atomic E-state index is 13.8. The molecule has 0 saturated heterocycles. The van der Waals surface area contributed by atoms with Gasteiger partial charge < -0.3 is 19.5 Å². The molecule has 0 spiro atoms. The van der Waals surface area contributed by atoms with Crippen LogP contribution in [0.15, 0.2) is 65.6 Å². The van der Waals surface area contributed by atoms with Crippen LogP contribution in [0.5, 0.6) is 17.2 Å². The van der Waals surface area contributed by atoms with Gasteiger partial charge in [-0.25, -0.2) is 8.42 Å². The SMILES string of the molecule is COc1ccc(N(CC(=O)Nc2c(C)cccc2C(C)C)S(=O)(=O)c2ccc(OC)c(OC)c2)cc1. The van der Waals surface area contributed by atoms with Crippen molar-refractivity contribution in [1.29, 1.82) is 0 Å². The lowest BCUT2D eigenvalue weighted by Gasteiger charge is -2.25. The average molecular weight is 513 g/mol. The Morgan fingerprint density at radius 3 is 2.17 bits per heavy atom. The summed E-state index contributed by atoms with van der Waals surface area (Å²) >= 11 is 0. The van der Waals surface area contributed by atoms with Gasteiger partial charge in [-0.15, -0.1) is 0 Å². The molecule has 0 saturated carbocycles. The van der Waals surface area contributed by atoms with Gasteiger partial charge in [-0.3, -0.25) is 9.10 Å². The Balaban J connectivity index is 2.03. The third kappa shape index (κ3) is 5.73. The Kier molecular flexibility index (Phi) is 8.47. The van der Waals surface area contributed by atoms with E-state index >= 15 is 0 Å². The van der Waals surface area contributed by atoms with Gasteiger partial charge in [0.1, 0.15) is 12.3 Å².